The maximum Gasteiger partial charge on any atom is 0.387 e. The largest absolute Gasteiger partial charge is 0.496 e. The number of pyridine rings is 1. The van der Waals surface area contributed by atoms with Gasteiger partial charge in [0.05, 0.1) is 19.0 Å². The molecule has 0 aliphatic heterocycles. The third-order valence-corrected chi connectivity index (χ3v) is 5.19. The molecule has 3 N–H and O–H groups in total. The summed E-state index contributed by atoms with van der Waals surface area (Å²) in [6.07, 6.45) is 5.16. The number of halogens is 2. The van der Waals surface area contributed by atoms with Crippen molar-refractivity contribution in [3.05, 3.63) is 47.8 Å². The van der Waals surface area contributed by atoms with Crippen molar-refractivity contribution in [2.75, 3.05) is 7.11 Å². The van der Waals surface area contributed by atoms with Crippen LogP contribution in [0.3, 0.4) is 0 Å². The summed E-state index contributed by atoms with van der Waals surface area (Å²) in [5.74, 6) is -0.618. The molecule has 0 spiro atoms. The quantitative estimate of drug-likeness (QED) is 0.597. The van der Waals surface area contributed by atoms with Gasteiger partial charge in [0, 0.05) is 23.3 Å². The lowest BCUT2D eigenvalue weighted by Gasteiger charge is -2.19. The average molecular weight is 430 g/mol. The van der Waals surface area contributed by atoms with E-state index in [0.717, 1.165) is 18.4 Å². The fourth-order valence-corrected chi connectivity index (χ4v) is 3.39. The minimum atomic E-state index is -3.09. The first-order chi connectivity index (χ1) is 14.7. The van der Waals surface area contributed by atoms with Gasteiger partial charge in [0.15, 0.2) is 0 Å². The number of nitrogens with zero attached hydrogens (tertiary/aromatic N) is 2. The summed E-state index contributed by atoms with van der Waals surface area (Å²) in [4.78, 5) is 17.1. The van der Waals surface area contributed by atoms with Crippen molar-refractivity contribution in [3.8, 4) is 22.8 Å². The van der Waals surface area contributed by atoms with Gasteiger partial charge in [-0.25, -0.2) is 4.98 Å². The first-order valence-electron chi connectivity index (χ1n) is 9.92. The Labute approximate surface area is 178 Å². The standard InChI is InChI=1S/C22H24F2N4O3/c1-22(2,25)13-6-7-28-15(11-26-18(28)10-13)12-8-16(30-3)19(17(9-12)31-21(23)24)20(29)27-14-4-5-14/h6-11,14,21H,4-5,25H2,1-3H3,(H,27,29). The Morgan fingerprint density at radius 2 is 2.00 bits per heavy atom. The summed E-state index contributed by atoms with van der Waals surface area (Å²) in [5, 5.41) is 2.79. The number of rotatable bonds is 7. The van der Waals surface area contributed by atoms with Crippen LogP contribution in [0, 0.1) is 0 Å². The molecule has 0 saturated heterocycles. The van der Waals surface area contributed by atoms with Crippen molar-refractivity contribution in [3.63, 3.8) is 0 Å². The number of aromatic nitrogens is 2. The van der Waals surface area contributed by atoms with Crippen molar-refractivity contribution in [2.24, 2.45) is 5.73 Å². The van der Waals surface area contributed by atoms with E-state index in [1.807, 2.05) is 32.2 Å². The monoisotopic (exact) mass is 430 g/mol. The number of nitrogens with two attached hydrogens (primary N) is 1. The Kier molecular flexibility index (Phi) is 5.30. The molecule has 2 heterocycles. The summed E-state index contributed by atoms with van der Waals surface area (Å²) >= 11 is 0. The molecule has 0 unspecified atom stereocenters. The van der Waals surface area contributed by atoms with Crippen molar-refractivity contribution in [1.82, 2.24) is 14.7 Å². The van der Waals surface area contributed by atoms with Crippen LogP contribution in [0.1, 0.15) is 42.6 Å². The Balaban J connectivity index is 1.82. The number of hydrogen-bond acceptors (Lipinski definition) is 5. The number of alkyl halides is 2. The van der Waals surface area contributed by atoms with Gasteiger partial charge < -0.3 is 20.5 Å². The molecular formula is C22H24F2N4O3. The molecule has 31 heavy (non-hydrogen) atoms. The second-order valence-corrected chi connectivity index (χ2v) is 8.19. The van der Waals surface area contributed by atoms with E-state index in [2.05, 4.69) is 10.3 Å². The highest BCUT2D eigenvalue weighted by molar-refractivity contribution is 6.01. The van der Waals surface area contributed by atoms with E-state index in [4.69, 9.17) is 15.2 Å². The van der Waals surface area contributed by atoms with Gasteiger partial charge >= 0.3 is 6.61 Å². The van der Waals surface area contributed by atoms with E-state index in [0.29, 0.717) is 16.9 Å². The van der Waals surface area contributed by atoms with Crippen LogP contribution in [0.2, 0.25) is 0 Å². The van der Waals surface area contributed by atoms with Gasteiger partial charge in [-0.05, 0) is 56.5 Å². The lowest BCUT2D eigenvalue weighted by atomic mass is 9.97. The number of amides is 1. The predicted octanol–water partition coefficient (Wildman–Crippen LogP) is 3.70. The van der Waals surface area contributed by atoms with Crippen molar-refractivity contribution in [1.29, 1.82) is 0 Å². The maximum atomic E-state index is 13.1. The molecule has 1 saturated carbocycles. The highest BCUT2D eigenvalue weighted by atomic mass is 19.3. The maximum absolute atomic E-state index is 13.1. The van der Waals surface area contributed by atoms with Crippen molar-refractivity contribution >= 4 is 11.6 Å². The summed E-state index contributed by atoms with van der Waals surface area (Å²) in [7, 11) is 1.38. The first-order valence-corrected chi connectivity index (χ1v) is 9.92. The van der Waals surface area contributed by atoms with E-state index < -0.39 is 18.1 Å². The molecule has 1 fully saturated rings. The number of fused-ring (bicyclic) bond motifs is 1. The number of imidazole rings is 1. The molecule has 9 heteroatoms. The van der Waals surface area contributed by atoms with Crippen molar-refractivity contribution in [2.45, 2.75) is 44.9 Å². The van der Waals surface area contributed by atoms with Crippen LogP contribution in [-0.4, -0.2) is 35.1 Å². The third kappa shape index (κ3) is 4.32. The van der Waals surface area contributed by atoms with Gasteiger partial charge in [-0.1, -0.05) is 0 Å². The molecule has 1 aliphatic carbocycles. The smallest absolute Gasteiger partial charge is 0.387 e. The van der Waals surface area contributed by atoms with E-state index in [1.165, 1.54) is 13.2 Å². The van der Waals surface area contributed by atoms with Crippen molar-refractivity contribution < 1.29 is 23.0 Å². The van der Waals surface area contributed by atoms with Crippen LogP contribution in [0.15, 0.2) is 36.7 Å². The molecule has 164 valence electrons. The average Bonchev–Trinajstić information content (AvgIpc) is 3.40. The fraction of sp³-hybridized carbons (Fsp3) is 0.364. The van der Waals surface area contributed by atoms with Gasteiger partial charge in [-0.3, -0.25) is 9.20 Å². The topological polar surface area (TPSA) is 90.9 Å². The van der Waals surface area contributed by atoms with Gasteiger partial charge in [0.1, 0.15) is 22.7 Å². The number of nitrogens with one attached hydrogen (secondary N) is 1. The van der Waals surface area contributed by atoms with Gasteiger partial charge in [0.2, 0.25) is 0 Å². The molecule has 3 aromatic rings. The van der Waals surface area contributed by atoms with E-state index in [-0.39, 0.29) is 23.1 Å². The molecule has 0 bridgehead atoms. The van der Waals surface area contributed by atoms with E-state index >= 15 is 0 Å². The van der Waals surface area contributed by atoms with Crippen LogP contribution in [0.25, 0.3) is 16.9 Å². The summed E-state index contributed by atoms with van der Waals surface area (Å²) in [5.41, 5.74) is 8.28. The zero-order valence-electron chi connectivity index (χ0n) is 17.5. The number of benzene rings is 1. The second-order valence-electron chi connectivity index (χ2n) is 8.19. The third-order valence-electron chi connectivity index (χ3n) is 5.19. The van der Waals surface area contributed by atoms with Crippen LogP contribution >= 0.6 is 0 Å². The molecule has 2 aromatic heterocycles. The fourth-order valence-electron chi connectivity index (χ4n) is 3.39. The van der Waals surface area contributed by atoms with E-state index in [1.54, 1.807) is 16.7 Å². The SMILES string of the molecule is COc1cc(-c2cnc3cc(C(C)(C)N)ccn23)cc(OC(F)F)c1C(=O)NC1CC1. The predicted molar refractivity (Wildman–Crippen MR) is 112 cm³/mol. The van der Waals surface area contributed by atoms with Crippen LogP contribution in [-0.2, 0) is 5.54 Å². The zero-order chi connectivity index (χ0) is 22.3. The highest BCUT2D eigenvalue weighted by Crippen LogP contribution is 2.37. The molecule has 4 rings (SSSR count). The summed E-state index contributed by atoms with van der Waals surface area (Å²) < 4.78 is 38.2. The molecular weight excluding hydrogens is 406 g/mol. The number of hydrogen-bond donors (Lipinski definition) is 2. The molecule has 1 aromatic carbocycles. The van der Waals surface area contributed by atoms with Crippen LogP contribution < -0.4 is 20.5 Å². The minimum absolute atomic E-state index is 0.0519. The second kappa shape index (κ2) is 7.81. The Bertz CT molecular complexity index is 1130. The number of carbonyl (C=O) groups excluding carboxylic acids is 1. The molecule has 1 aliphatic rings. The Hall–Kier alpha value is -3.20. The molecule has 0 radical (unpaired) electrons. The number of carbonyl (C=O) groups is 1. The first kappa shape index (κ1) is 21.0. The van der Waals surface area contributed by atoms with Gasteiger partial charge in [-0.15, -0.1) is 0 Å². The molecule has 7 nitrogen and oxygen atoms in total. The Morgan fingerprint density at radius 1 is 1.29 bits per heavy atom. The minimum Gasteiger partial charge on any atom is -0.496 e. The normalized spacial score (nSPS) is 14.2. The molecule has 0 atom stereocenters. The van der Waals surface area contributed by atoms with E-state index in [9.17, 15) is 13.6 Å². The Morgan fingerprint density at radius 3 is 2.61 bits per heavy atom. The van der Waals surface area contributed by atoms with Crippen LogP contribution in [0.5, 0.6) is 11.5 Å². The summed E-state index contributed by atoms with van der Waals surface area (Å²) in [6.45, 7) is 0.698. The van der Waals surface area contributed by atoms with Gasteiger partial charge in [0.25, 0.3) is 5.91 Å². The van der Waals surface area contributed by atoms with Gasteiger partial charge in [-0.2, -0.15) is 8.78 Å². The number of methoxy groups -OCH3 is 1. The lowest BCUT2D eigenvalue weighted by Crippen LogP contribution is -2.28. The lowest BCUT2D eigenvalue weighted by molar-refractivity contribution is -0.0502. The number of ether oxygens (including phenoxy) is 2. The zero-order valence-corrected chi connectivity index (χ0v) is 17.5. The van der Waals surface area contributed by atoms with Crippen LogP contribution in [0.4, 0.5) is 8.78 Å². The highest BCUT2D eigenvalue weighted by Gasteiger charge is 2.29. The summed E-state index contributed by atoms with van der Waals surface area (Å²) in [6, 6.07) is 6.82. The molecule has 1 amide bonds.